The standard InChI is InChI=1S/C16H25N3O/c1-2-17-15-14(10-6-11-18-15)16(20)19-12-5-9-13-7-3-4-8-13/h6,10-11,13H,2-5,7-9,12H2,1H3,(H,17,18)(H,19,20). The van der Waals surface area contributed by atoms with Crippen molar-refractivity contribution < 1.29 is 4.79 Å². The average molecular weight is 275 g/mol. The van der Waals surface area contributed by atoms with Crippen LogP contribution in [0.4, 0.5) is 5.82 Å². The van der Waals surface area contributed by atoms with Crippen molar-refractivity contribution in [2.45, 2.75) is 45.4 Å². The molecule has 0 unspecified atom stereocenters. The molecule has 1 fully saturated rings. The lowest BCUT2D eigenvalue weighted by Crippen LogP contribution is -2.26. The molecule has 0 saturated heterocycles. The zero-order valence-electron chi connectivity index (χ0n) is 12.3. The van der Waals surface area contributed by atoms with Crippen LogP contribution in [-0.4, -0.2) is 24.0 Å². The molecule has 2 rings (SSSR count). The summed E-state index contributed by atoms with van der Waals surface area (Å²) in [6.07, 6.45) is 9.55. The molecule has 0 radical (unpaired) electrons. The molecule has 2 N–H and O–H groups in total. The molecule has 4 nitrogen and oxygen atoms in total. The maximum Gasteiger partial charge on any atom is 0.255 e. The van der Waals surface area contributed by atoms with Gasteiger partial charge in [-0.05, 0) is 37.8 Å². The number of anilines is 1. The molecule has 1 aliphatic rings. The lowest BCUT2D eigenvalue weighted by Gasteiger charge is -2.11. The van der Waals surface area contributed by atoms with Crippen molar-refractivity contribution in [3.63, 3.8) is 0 Å². The zero-order chi connectivity index (χ0) is 14.2. The fourth-order valence-corrected chi connectivity index (χ4v) is 2.88. The predicted octanol–water partition coefficient (Wildman–Crippen LogP) is 3.21. The van der Waals surface area contributed by atoms with Gasteiger partial charge in [-0.2, -0.15) is 0 Å². The summed E-state index contributed by atoms with van der Waals surface area (Å²) >= 11 is 0. The summed E-state index contributed by atoms with van der Waals surface area (Å²) in [5.74, 6) is 1.53. The second kappa shape index (κ2) is 7.88. The Morgan fingerprint density at radius 3 is 2.95 bits per heavy atom. The van der Waals surface area contributed by atoms with Crippen LogP contribution < -0.4 is 10.6 Å². The van der Waals surface area contributed by atoms with Crippen molar-refractivity contribution in [1.29, 1.82) is 0 Å². The van der Waals surface area contributed by atoms with Gasteiger partial charge >= 0.3 is 0 Å². The van der Waals surface area contributed by atoms with Gasteiger partial charge < -0.3 is 10.6 Å². The van der Waals surface area contributed by atoms with E-state index in [1.807, 2.05) is 13.0 Å². The normalized spacial score (nSPS) is 15.2. The first-order valence-corrected chi connectivity index (χ1v) is 7.78. The molecule has 0 aliphatic heterocycles. The van der Waals surface area contributed by atoms with Crippen LogP contribution in [0.3, 0.4) is 0 Å². The highest BCUT2D eigenvalue weighted by Crippen LogP contribution is 2.28. The fraction of sp³-hybridized carbons (Fsp3) is 0.625. The summed E-state index contributed by atoms with van der Waals surface area (Å²) in [4.78, 5) is 16.4. The third-order valence-corrected chi connectivity index (χ3v) is 3.95. The van der Waals surface area contributed by atoms with Gasteiger partial charge in [0.2, 0.25) is 0 Å². The number of amides is 1. The van der Waals surface area contributed by atoms with E-state index in [-0.39, 0.29) is 5.91 Å². The molecule has 0 spiro atoms. The van der Waals surface area contributed by atoms with Gasteiger partial charge in [0.25, 0.3) is 5.91 Å². The molecule has 1 heterocycles. The van der Waals surface area contributed by atoms with Gasteiger partial charge in [0, 0.05) is 19.3 Å². The minimum Gasteiger partial charge on any atom is -0.370 e. The van der Waals surface area contributed by atoms with Crippen LogP contribution >= 0.6 is 0 Å². The van der Waals surface area contributed by atoms with E-state index in [0.717, 1.165) is 25.4 Å². The first-order chi connectivity index (χ1) is 9.81. The lowest BCUT2D eigenvalue weighted by molar-refractivity contribution is 0.0953. The van der Waals surface area contributed by atoms with Crippen LogP contribution in [0.25, 0.3) is 0 Å². The van der Waals surface area contributed by atoms with Crippen LogP contribution in [0.1, 0.15) is 55.8 Å². The van der Waals surface area contributed by atoms with Crippen molar-refractivity contribution in [1.82, 2.24) is 10.3 Å². The molecule has 0 atom stereocenters. The highest BCUT2D eigenvalue weighted by Gasteiger charge is 2.15. The number of carbonyl (C=O) groups excluding carboxylic acids is 1. The summed E-state index contributed by atoms with van der Waals surface area (Å²) in [6, 6.07) is 3.62. The Kier molecular flexibility index (Phi) is 5.84. The van der Waals surface area contributed by atoms with Crippen molar-refractivity contribution in [3.8, 4) is 0 Å². The van der Waals surface area contributed by atoms with Gasteiger partial charge in [0.15, 0.2) is 0 Å². The topological polar surface area (TPSA) is 54.0 Å². The van der Waals surface area contributed by atoms with Gasteiger partial charge in [-0.1, -0.05) is 25.7 Å². The number of nitrogens with one attached hydrogen (secondary N) is 2. The number of rotatable bonds is 7. The molecule has 0 bridgehead atoms. The maximum atomic E-state index is 12.1. The van der Waals surface area contributed by atoms with Crippen LogP contribution in [-0.2, 0) is 0 Å². The molecular weight excluding hydrogens is 250 g/mol. The van der Waals surface area contributed by atoms with Crippen molar-refractivity contribution in [3.05, 3.63) is 23.9 Å². The maximum absolute atomic E-state index is 12.1. The van der Waals surface area contributed by atoms with E-state index in [1.54, 1.807) is 12.3 Å². The predicted molar refractivity (Wildman–Crippen MR) is 81.9 cm³/mol. The first kappa shape index (κ1) is 14.8. The molecule has 0 aromatic carbocycles. The molecule has 110 valence electrons. The van der Waals surface area contributed by atoms with Crippen molar-refractivity contribution in [2.75, 3.05) is 18.4 Å². The quantitative estimate of drug-likeness (QED) is 0.751. The first-order valence-electron chi connectivity index (χ1n) is 7.78. The number of hydrogen-bond donors (Lipinski definition) is 2. The van der Waals surface area contributed by atoms with E-state index in [2.05, 4.69) is 15.6 Å². The smallest absolute Gasteiger partial charge is 0.255 e. The highest BCUT2D eigenvalue weighted by atomic mass is 16.1. The molecule has 20 heavy (non-hydrogen) atoms. The van der Waals surface area contributed by atoms with Crippen LogP contribution in [0.2, 0.25) is 0 Å². The molecule has 1 saturated carbocycles. The molecule has 1 aromatic rings. The molecule has 4 heteroatoms. The molecule has 1 amide bonds. The van der Waals surface area contributed by atoms with E-state index in [0.29, 0.717) is 11.4 Å². The molecule has 1 aromatic heterocycles. The summed E-state index contributed by atoms with van der Waals surface area (Å²) in [6.45, 7) is 3.52. The number of hydrogen-bond acceptors (Lipinski definition) is 3. The second-order valence-corrected chi connectivity index (χ2v) is 5.48. The van der Waals surface area contributed by atoms with Gasteiger partial charge in [-0.25, -0.2) is 4.98 Å². The minimum atomic E-state index is -0.0273. The van der Waals surface area contributed by atoms with Crippen molar-refractivity contribution >= 4 is 11.7 Å². The Balaban J connectivity index is 1.76. The number of aromatic nitrogens is 1. The number of carbonyl (C=O) groups is 1. The summed E-state index contributed by atoms with van der Waals surface area (Å²) in [5.41, 5.74) is 0.634. The lowest BCUT2D eigenvalue weighted by atomic mass is 10.0. The summed E-state index contributed by atoms with van der Waals surface area (Å²) in [5, 5.41) is 6.12. The molecule has 1 aliphatic carbocycles. The third kappa shape index (κ3) is 4.22. The van der Waals surface area contributed by atoms with E-state index < -0.39 is 0 Å². The van der Waals surface area contributed by atoms with E-state index in [1.165, 1.54) is 32.1 Å². The van der Waals surface area contributed by atoms with Crippen LogP contribution in [0.15, 0.2) is 18.3 Å². The Morgan fingerprint density at radius 2 is 2.20 bits per heavy atom. The number of pyridine rings is 1. The Bertz CT molecular complexity index is 427. The van der Waals surface area contributed by atoms with Crippen LogP contribution in [0.5, 0.6) is 0 Å². The van der Waals surface area contributed by atoms with E-state index in [4.69, 9.17) is 0 Å². The Morgan fingerprint density at radius 1 is 1.40 bits per heavy atom. The van der Waals surface area contributed by atoms with Gasteiger partial charge in [0.05, 0.1) is 5.56 Å². The number of nitrogens with zero attached hydrogens (tertiary/aromatic N) is 1. The summed E-state index contributed by atoms with van der Waals surface area (Å²) < 4.78 is 0. The van der Waals surface area contributed by atoms with E-state index in [9.17, 15) is 4.79 Å². The van der Waals surface area contributed by atoms with Gasteiger partial charge in [0.1, 0.15) is 5.82 Å². The zero-order valence-corrected chi connectivity index (χ0v) is 12.3. The van der Waals surface area contributed by atoms with Crippen LogP contribution in [0, 0.1) is 5.92 Å². The van der Waals surface area contributed by atoms with Crippen molar-refractivity contribution in [2.24, 2.45) is 5.92 Å². The van der Waals surface area contributed by atoms with Gasteiger partial charge in [-0.15, -0.1) is 0 Å². The summed E-state index contributed by atoms with van der Waals surface area (Å²) in [7, 11) is 0. The SMILES string of the molecule is CCNc1ncccc1C(=O)NCCCC1CCCC1. The average Bonchev–Trinajstić information content (AvgIpc) is 2.97. The monoisotopic (exact) mass is 275 g/mol. The Hall–Kier alpha value is -1.58. The van der Waals surface area contributed by atoms with E-state index >= 15 is 0 Å². The minimum absolute atomic E-state index is 0.0273. The molecular formula is C16H25N3O. The Labute approximate surface area is 121 Å². The fourth-order valence-electron chi connectivity index (χ4n) is 2.88. The second-order valence-electron chi connectivity index (χ2n) is 5.48. The highest BCUT2D eigenvalue weighted by molar-refractivity contribution is 5.98. The largest absolute Gasteiger partial charge is 0.370 e. The van der Waals surface area contributed by atoms with Gasteiger partial charge in [-0.3, -0.25) is 4.79 Å². The third-order valence-electron chi connectivity index (χ3n) is 3.95.